The maximum Gasteiger partial charge on any atom is 0.418 e. The highest BCUT2D eigenvalue weighted by Crippen LogP contribution is 2.37. The second-order valence-corrected chi connectivity index (χ2v) is 3.94. The highest BCUT2D eigenvalue weighted by atomic mass is 19.4. The Hall–Kier alpha value is -2.37. The zero-order valence-electron chi connectivity index (χ0n) is 9.70. The van der Waals surface area contributed by atoms with Crippen molar-refractivity contribution in [2.24, 2.45) is 0 Å². The quantitative estimate of drug-likeness (QED) is 0.727. The molecule has 0 atom stereocenters. The molecule has 0 aliphatic rings. The molecule has 0 saturated carbocycles. The predicted molar refractivity (Wildman–Crippen MR) is 67.2 cm³/mol. The first-order valence-electron chi connectivity index (χ1n) is 5.39. The first-order valence-corrected chi connectivity index (χ1v) is 5.39. The van der Waals surface area contributed by atoms with Crippen LogP contribution in [0.15, 0.2) is 42.5 Å². The van der Waals surface area contributed by atoms with Gasteiger partial charge in [0.15, 0.2) is 0 Å². The summed E-state index contributed by atoms with van der Waals surface area (Å²) in [5, 5.41) is 12.0. The van der Waals surface area contributed by atoms with Gasteiger partial charge in [0.05, 0.1) is 16.9 Å². The molecule has 2 aromatic rings. The zero-order valence-corrected chi connectivity index (χ0v) is 9.70. The van der Waals surface area contributed by atoms with E-state index in [9.17, 15) is 18.3 Å². The number of nitrogens with one attached hydrogen (secondary N) is 1. The van der Waals surface area contributed by atoms with E-state index >= 15 is 0 Å². The van der Waals surface area contributed by atoms with Gasteiger partial charge in [0.25, 0.3) is 0 Å². The summed E-state index contributed by atoms with van der Waals surface area (Å²) < 4.78 is 38.1. The summed E-state index contributed by atoms with van der Waals surface area (Å²) >= 11 is 0. The molecule has 0 saturated heterocycles. The Balaban J connectivity index is 2.36. The second-order valence-electron chi connectivity index (χ2n) is 3.94. The van der Waals surface area contributed by atoms with Crippen molar-refractivity contribution in [2.75, 3.05) is 11.1 Å². The summed E-state index contributed by atoms with van der Waals surface area (Å²) in [5.74, 6) is 0.00977. The van der Waals surface area contributed by atoms with E-state index in [1.54, 1.807) is 12.1 Å². The molecule has 0 aromatic heterocycles. The van der Waals surface area contributed by atoms with Crippen LogP contribution in [0.3, 0.4) is 0 Å². The number of hydrogen-bond acceptors (Lipinski definition) is 3. The van der Waals surface area contributed by atoms with Crippen molar-refractivity contribution in [3.05, 3.63) is 48.0 Å². The van der Waals surface area contributed by atoms with Gasteiger partial charge >= 0.3 is 6.18 Å². The highest BCUT2D eigenvalue weighted by molar-refractivity contribution is 5.75. The van der Waals surface area contributed by atoms with Crippen LogP contribution in [0.4, 0.5) is 30.2 Å². The maximum atomic E-state index is 12.7. The molecule has 0 aliphatic carbocycles. The number of phenolic OH excluding ortho intramolecular Hbond substituents is 1. The van der Waals surface area contributed by atoms with E-state index in [1.807, 2.05) is 0 Å². The largest absolute Gasteiger partial charge is 0.508 e. The average Bonchev–Trinajstić information content (AvgIpc) is 2.30. The Morgan fingerprint density at radius 3 is 2.37 bits per heavy atom. The molecule has 0 spiro atoms. The minimum Gasteiger partial charge on any atom is -0.508 e. The van der Waals surface area contributed by atoms with E-state index in [4.69, 9.17) is 5.73 Å². The van der Waals surface area contributed by atoms with Crippen molar-refractivity contribution in [1.82, 2.24) is 0 Å². The number of halogens is 3. The fraction of sp³-hybridized carbons (Fsp3) is 0.0769. The molecule has 0 amide bonds. The van der Waals surface area contributed by atoms with Crippen LogP contribution < -0.4 is 11.1 Å². The third-order valence-electron chi connectivity index (χ3n) is 2.54. The summed E-state index contributed by atoms with van der Waals surface area (Å²) in [7, 11) is 0. The van der Waals surface area contributed by atoms with E-state index in [0.29, 0.717) is 5.69 Å². The Kier molecular flexibility index (Phi) is 3.25. The fourth-order valence-electron chi connectivity index (χ4n) is 1.66. The summed E-state index contributed by atoms with van der Waals surface area (Å²) in [4.78, 5) is 0. The predicted octanol–water partition coefficient (Wildman–Crippen LogP) is 3.74. The van der Waals surface area contributed by atoms with Gasteiger partial charge in [-0.15, -0.1) is 0 Å². The molecule has 0 bridgehead atoms. The number of nitrogen functional groups attached to an aromatic ring is 1. The summed E-state index contributed by atoms with van der Waals surface area (Å²) in [5.41, 5.74) is 4.83. The Morgan fingerprint density at radius 2 is 1.74 bits per heavy atom. The van der Waals surface area contributed by atoms with Gasteiger partial charge in [-0.25, -0.2) is 0 Å². The second kappa shape index (κ2) is 4.72. The normalized spacial score (nSPS) is 11.3. The lowest BCUT2D eigenvalue weighted by Gasteiger charge is -2.15. The van der Waals surface area contributed by atoms with Crippen LogP contribution in [0.1, 0.15) is 5.56 Å². The number of alkyl halides is 3. The molecule has 2 rings (SSSR count). The summed E-state index contributed by atoms with van der Waals surface area (Å²) in [6, 6.07) is 9.66. The molecule has 0 heterocycles. The average molecular weight is 268 g/mol. The van der Waals surface area contributed by atoms with Crippen molar-refractivity contribution in [3.63, 3.8) is 0 Å². The van der Waals surface area contributed by atoms with Crippen LogP contribution in [-0.2, 0) is 6.18 Å². The number of anilines is 3. The van der Waals surface area contributed by atoms with Crippen molar-refractivity contribution in [2.45, 2.75) is 6.18 Å². The minimum atomic E-state index is -4.50. The fourth-order valence-corrected chi connectivity index (χ4v) is 1.66. The van der Waals surface area contributed by atoms with Gasteiger partial charge in [0.2, 0.25) is 0 Å². The summed E-state index contributed by atoms with van der Waals surface area (Å²) in [6.45, 7) is 0. The van der Waals surface area contributed by atoms with Crippen molar-refractivity contribution < 1.29 is 18.3 Å². The Bertz CT molecular complexity index is 597. The third kappa shape index (κ3) is 2.90. The first-order chi connectivity index (χ1) is 8.88. The molecule has 2 aromatic carbocycles. The Labute approximate surface area is 107 Å². The van der Waals surface area contributed by atoms with Crippen molar-refractivity contribution >= 4 is 17.1 Å². The molecule has 6 heteroatoms. The molecule has 0 unspecified atom stereocenters. The van der Waals surface area contributed by atoms with E-state index in [0.717, 1.165) is 6.07 Å². The van der Waals surface area contributed by atoms with Crippen LogP contribution in [0.2, 0.25) is 0 Å². The number of para-hydroxylation sites is 1. The standard InChI is InChI=1S/C13H11F3N2O/c14-13(15,16)10-5-2-6-11(12(10)17)18-8-3-1-4-9(19)7-8/h1-7,18-19H,17H2. The van der Waals surface area contributed by atoms with E-state index < -0.39 is 11.7 Å². The van der Waals surface area contributed by atoms with Gasteiger partial charge in [-0.05, 0) is 24.3 Å². The number of rotatable bonds is 2. The molecule has 19 heavy (non-hydrogen) atoms. The SMILES string of the molecule is Nc1c(Nc2cccc(O)c2)cccc1C(F)(F)F. The first kappa shape index (κ1) is 13.1. The lowest BCUT2D eigenvalue weighted by atomic mass is 10.1. The zero-order chi connectivity index (χ0) is 14.0. The smallest absolute Gasteiger partial charge is 0.418 e. The van der Waals surface area contributed by atoms with Gasteiger partial charge in [-0.2, -0.15) is 13.2 Å². The molecule has 100 valence electrons. The molecule has 0 aliphatic heterocycles. The van der Waals surface area contributed by atoms with Gasteiger partial charge in [-0.1, -0.05) is 12.1 Å². The third-order valence-corrected chi connectivity index (χ3v) is 2.54. The van der Waals surface area contributed by atoms with Gasteiger partial charge < -0.3 is 16.2 Å². The van der Waals surface area contributed by atoms with E-state index in [-0.39, 0.29) is 17.1 Å². The lowest BCUT2D eigenvalue weighted by Crippen LogP contribution is -2.10. The molecular formula is C13H11F3N2O. The number of aromatic hydroxyl groups is 1. The van der Waals surface area contributed by atoms with Gasteiger partial charge in [-0.3, -0.25) is 0 Å². The molecule has 4 N–H and O–H groups in total. The van der Waals surface area contributed by atoms with Crippen LogP contribution in [0.5, 0.6) is 5.75 Å². The van der Waals surface area contributed by atoms with Gasteiger partial charge in [0, 0.05) is 11.8 Å². The Morgan fingerprint density at radius 1 is 1.05 bits per heavy atom. The topological polar surface area (TPSA) is 58.3 Å². The van der Waals surface area contributed by atoms with E-state index in [1.165, 1.54) is 24.3 Å². The molecular weight excluding hydrogens is 257 g/mol. The van der Waals surface area contributed by atoms with Crippen LogP contribution in [0, 0.1) is 0 Å². The number of nitrogens with two attached hydrogens (primary N) is 1. The monoisotopic (exact) mass is 268 g/mol. The molecule has 0 radical (unpaired) electrons. The van der Waals surface area contributed by atoms with E-state index in [2.05, 4.69) is 5.32 Å². The van der Waals surface area contributed by atoms with Crippen LogP contribution in [-0.4, -0.2) is 5.11 Å². The molecule has 3 nitrogen and oxygen atoms in total. The summed E-state index contributed by atoms with van der Waals surface area (Å²) in [6.07, 6.45) is -4.50. The highest BCUT2D eigenvalue weighted by Gasteiger charge is 2.33. The number of benzene rings is 2. The van der Waals surface area contributed by atoms with Crippen LogP contribution >= 0.6 is 0 Å². The number of phenols is 1. The lowest BCUT2D eigenvalue weighted by molar-refractivity contribution is -0.136. The van der Waals surface area contributed by atoms with Crippen molar-refractivity contribution in [3.8, 4) is 5.75 Å². The maximum absolute atomic E-state index is 12.7. The number of hydrogen-bond donors (Lipinski definition) is 3. The molecule has 0 fully saturated rings. The minimum absolute atomic E-state index is 0.00977. The van der Waals surface area contributed by atoms with Crippen molar-refractivity contribution in [1.29, 1.82) is 0 Å². The van der Waals surface area contributed by atoms with Crippen LogP contribution in [0.25, 0.3) is 0 Å². The van der Waals surface area contributed by atoms with Gasteiger partial charge in [0.1, 0.15) is 5.75 Å².